The largest absolute Gasteiger partial charge is 0.328 e. The molecule has 0 aliphatic heterocycles. The summed E-state index contributed by atoms with van der Waals surface area (Å²) < 4.78 is 27.0. The molecule has 0 aliphatic carbocycles. The van der Waals surface area contributed by atoms with Crippen molar-refractivity contribution in [2.75, 3.05) is 6.54 Å². The van der Waals surface area contributed by atoms with Gasteiger partial charge in [0, 0.05) is 23.6 Å². The molecule has 0 amide bonds. The first-order chi connectivity index (χ1) is 10.4. The number of nitrogens with one attached hydrogen (secondary N) is 2. The first-order valence-electron chi connectivity index (χ1n) is 6.37. The molecular weight excluding hydrogens is 372 g/mol. The molecule has 2 N–H and O–H groups in total. The molecule has 0 bridgehead atoms. The average Bonchev–Trinajstić information content (AvgIpc) is 2.47. The monoisotopic (exact) mass is 384 g/mol. The highest BCUT2D eigenvalue weighted by molar-refractivity contribution is 9.10. The van der Waals surface area contributed by atoms with E-state index in [1.165, 1.54) is 18.3 Å². The summed E-state index contributed by atoms with van der Waals surface area (Å²) in [6.07, 6.45) is 1.32. The molecule has 1 heterocycles. The summed E-state index contributed by atoms with van der Waals surface area (Å²) >= 11 is 3.17. The third-order valence-electron chi connectivity index (χ3n) is 2.89. The number of rotatable bonds is 6. The SMILES string of the molecule is O=C(CCNS(=O)(=O)c1ccccc1Br)c1ccc[nH]c1=O. The van der Waals surface area contributed by atoms with Crippen LogP contribution in [-0.4, -0.2) is 25.7 Å². The summed E-state index contributed by atoms with van der Waals surface area (Å²) in [5.41, 5.74) is -0.469. The minimum Gasteiger partial charge on any atom is -0.328 e. The van der Waals surface area contributed by atoms with Gasteiger partial charge in [-0.3, -0.25) is 9.59 Å². The van der Waals surface area contributed by atoms with Crippen molar-refractivity contribution in [2.45, 2.75) is 11.3 Å². The van der Waals surface area contributed by atoms with Crippen LogP contribution in [0.4, 0.5) is 0 Å². The van der Waals surface area contributed by atoms with E-state index in [2.05, 4.69) is 25.6 Å². The maximum atomic E-state index is 12.1. The summed E-state index contributed by atoms with van der Waals surface area (Å²) in [6.45, 7) is -0.0865. The number of benzene rings is 1. The van der Waals surface area contributed by atoms with Gasteiger partial charge in [-0.2, -0.15) is 0 Å². The van der Waals surface area contributed by atoms with Crippen LogP contribution in [0.5, 0.6) is 0 Å². The Morgan fingerprint density at radius 2 is 1.91 bits per heavy atom. The first kappa shape index (κ1) is 16.6. The second-order valence-corrected chi connectivity index (χ2v) is 7.00. The van der Waals surface area contributed by atoms with Gasteiger partial charge in [-0.05, 0) is 40.2 Å². The Kier molecular flexibility index (Phi) is 5.28. The van der Waals surface area contributed by atoms with Crippen LogP contribution < -0.4 is 10.3 Å². The van der Waals surface area contributed by atoms with Gasteiger partial charge in [0.25, 0.3) is 5.56 Å². The summed E-state index contributed by atoms with van der Waals surface area (Å²) in [5, 5.41) is 0. The minimum atomic E-state index is -3.71. The Morgan fingerprint density at radius 3 is 2.59 bits per heavy atom. The highest BCUT2D eigenvalue weighted by atomic mass is 79.9. The van der Waals surface area contributed by atoms with Crippen molar-refractivity contribution in [3.05, 3.63) is 63.0 Å². The van der Waals surface area contributed by atoms with E-state index in [1.807, 2.05) is 0 Å². The minimum absolute atomic E-state index is 0.0163. The fraction of sp³-hybridized carbons (Fsp3) is 0.143. The first-order valence-corrected chi connectivity index (χ1v) is 8.64. The maximum Gasteiger partial charge on any atom is 0.258 e. The van der Waals surface area contributed by atoms with Crippen LogP contribution in [-0.2, 0) is 10.0 Å². The highest BCUT2D eigenvalue weighted by Gasteiger charge is 2.17. The van der Waals surface area contributed by atoms with Crippen molar-refractivity contribution in [1.29, 1.82) is 0 Å². The standard InChI is InChI=1S/C14H13BrN2O4S/c15-11-5-1-2-6-13(11)22(20,21)17-9-7-12(18)10-4-3-8-16-14(10)19/h1-6,8,17H,7,9H2,(H,16,19). The van der Waals surface area contributed by atoms with Gasteiger partial charge in [0.2, 0.25) is 10.0 Å². The van der Waals surface area contributed by atoms with Crippen molar-refractivity contribution < 1.29 is 13.2 Å². The lowest BCUT2D eigenvalue weighted by Gasteiger charge is -2.07. The number of aromatic amines is 1. The predicted octanol–water partition coefficient (Wildman–Crippen LogP) is 1.69. The molecular formula is C14H13BrN2O4S. The molecule has 0 radical (unpaired) electrons. The lowest BCUT2D eigenvalue weighted by molar-refractivity contribution is 0.0983. The normalized spacial score (nSPS) is 11.3. The molecule has 0 spiro atoms. The van der Waals surface area contributed by atoms with E-state index < -0.39 is 21.4 Å². The number of Topliss-reactive ketones (excluding diaryl/α,β-unsaturated/α-hetero) is 1. The molecule has 2 rings (SSSR count). The zero-order valence-electron chi connectivity index (χ0n) is 11.4. The number of ketones is 1. The van der Waals surface area contributed by atoms with Gasteiger partial charge < -0.3 is 4.98 Å². The van der Waals surface area contributed by atoms with Crippen LogP contribution in [0.15, 0.2) is 56.8 Å². The predicted molar refractivity (Wildman–Crippen MR) is 85.3 cm³/mol. The molecule has 0 aliphatic rings. The Labute approximate surface area is 135 Å². The Morgan fingerprint density at radius 1 is 1.18 bits per heavy atom. The summed E-state index contributed by atoms with van der Waals surface area (Å²) in [5.74, 6) is -0.420. The molecule has 22 heavy (non-hydrogen) atoms. The number of carbonyl (C=O) groups excluding carboxylic acids is 1. The van der Waals surface area contributed by atoms with Crippen LogP contribution in [0.25, 0.3) is 0 Å². The van der Waals surface area contributed by atoms with E-state index in [-0.39, 0.29) is 23.4 Å². The van der Waals surface area contributed by atoms with Crippen molar-refractivity contribution in [3.63, 3.8) is 0 Å². The van der Waals surface area contributed by atoms with E-state index in [9.17, 15) is 18.0 Å². The number of hydrogen-bond donors (Lipinski definition) is 2. The van der Waals surface area contributed by atoms with E-state index in [0.29, 0.717) is 4.47 Å². The maximum absolute atomic E-state index is 12.1. The fourth-order valence-electron chi connectivity index (χ4n) is 1.82. The van der Waals surface area contributed by atoms with E-state index in [4.69, 9.17) is 0 Å². The summed E-state index contributed by atoms with van der Waals surface area (Å²) in [4.78, 5) is 25.9. The number of carbonyl (C=O) groups is 1. The number of sulfonamides is 1. The fourth-order valence-corrected chi connectivity index (χ4v) is 3.85. The Bertz CT molecular complexity index is 846. The molecule has 8 heteroatoms. The van der Waals surface area contributed by atoms with E-state index in [0.717, 1.165) is 0 Å². The van der Waals surface area contributed by atoms with E-state index >= 15 is 0 Å². The molecule has 116 valence electrons. The van der Waals surface area contributed by atoms with E-state index in [1.54, 1.807) is 24.3 Å². The van der Waals surface area contributed by atoms with Crippen LogP contribution in [0.2, 0.25) is 0 Å². The van der Waals surface area contributed by atoms with Gasteiger partial charge in [0.05, 0.1) is 10.5 Å². The average molecular weight is 385 g/mol. The number of aromatic nitrogens is 1. The third kappa shape index (κ3) is 3.90. The number of pyridine rings is 1. The van der Waals surface area contributed by atoms with Gasteiger partial charge >= 0.3 is 0 Å². The Hall–Kier alpha value is -1.77. The van der Waals surface area contributed by atoms with Crippen LogP contribution >= 0.6 is 15.9 Å². The molecule has 1 aromatic heterocycles. The highest BCUT2D eigenvalue weighted by Crippen LogP contribution is 2.20. The topological polar surface area (TPSA) is 96.1 Å². The lowest BCUT2D eigenvalue weighted by Crippen LogP contribution is -2.27. The lowest BCUT2D eigenvalue weighted by atomic mass is 10.1. The summed E-state index contributed by atoms with van der Waals surface area (Å²) in [6, 6.07) is 9.32. The third-order valence-corrected chi connectivity index (χ3v) is 5.36. The number of halogens is 1. The van der Waals surface area contributed by atoms with Gasteiger partial charge in [0.15, 0.2) is 5.78 Å². The smallest absolute Gasteiger partial charge is 0.258 e. The molecule has 2 aromatic rings. The Balaban J connectivity index is 2.02. The molecule has 0 atom stereocenters. The molecule has 0 fully saturated rings. The van der Waals surface area contributed by atoms with Crippen molar-refractivity contribution in [2.24, 2.45) is 0 Å². The van der Waals surface area contributed by atoms with Gasteiger partial charge in [-0.25, -0.2) is 13.1 Å². The number of H-pyrrole nitrogens is 1. The molecule has 6 nitrogen and oxygen atoms in total. The number of hydrogen-bond acceptors (Lipinski definition) is 4. The second kappa shape index (κ2) is 6.99. The van der Waals surface area contributed by atoms with Gasteiger partial charge in [-0.15, -0.1) is 0 Å². The molecule has 1 aromatic carbocycles. The van der Waals surface area contributed by atoms with Crippen LogP contribution in [0.1, 0.15) is 16.8 Å². The van der Waals surface area contributed by atoms with Gasteiger partial charge in [-0.1, -0.05) is 12.1 Å². The molecule has 0 saturated carbocycles. The van der Waals surface area contributed by atoms with Crippen molar-refractivity contribution >= 4 is 31.7 Å². The molecule has 0 saturated heterocycles. The molecule has 0 unspecified atom stereocenters. The van der Waals surface area contributed by atoms with Crippen molar-refractivity contribution in [1.82, 2.24) is 9.71 Å². The van der Waals surface area contributed by atoms with Gasteiger partial charge in [0.1, 0.15) is 0 Å². The van der Waals surface area contributed by atoms with Crippen molar-refractivity contribution in [3.8, 4) is 0 Å². The zero-order chi connectivity index (χ0) is 16.2. The van der Waals surface area contributed by atoms with Crippen LogP contribution in [0.3, 0.4) is 0 Å². The zero-order valence-corrected chi connectivity index (χ0v) is 13.8. The quantitative estimate of drug-likeness (QED) is 0.740. The van der Waals surface area contributed by atoms with Crippen LogP contribution in [0, 0.1) is 0 Å². The summed E-state index contributed by atoms with van der Waals surface area (Å²) in [7, 11) is -3.71. The second-order valence-electron chi connectivity index (χ2n) is 4.41.